The van der Waals surface area contributed by atoms with Crippen molar-refractivity contribution in [1.29, 1.82) is 0 Å². The molecule has 92 valence electrons. The molecule has 2 rings (SSSR count). The van der Waals surface area contributed by atoms with Gasteiger partial charge in [0.2, 0.25) is 0 Å². The highest BCUT2D eigenvalue weighted by Crippen LogP contribution is 2.35. The molecule has 1 fully saturated rings. The summed E-state index contributed by atoms with van der Waals surface area (Å²) in [6.45, 7) is 2.41. The molecule has 0 saturated heterocycles. The molecular formula is C14H18O3. The van der Waals surface area contributed by atoms with E-state index in [4.69, 9.17) is 4.74 Å². The summed E-state index contributed by atoms with van der Waals surface area (Å²) in [5.74, 6) is -0.337. The van der Waals surface area contributed by atoms with Crippen LogP contribution in [0.3, 0.4) is 0 Å². The van der Waals surface area contributed by atoms with Gasteiger partial charge in [0.05, 0.1) is 6.61 Å². The zero-order valence-corrected chi connectivity index (χ0v) is 10.1. The first-order valence-corrected chi connectivity index (χ1v) is 6.12. The van der Waals surface area contributed by atoms with E-state index < -0.39 is 11.6 Å². The van der Waals surface area contributed by atoms with Crippen LogP contribution < -0.4 is 0 Å². The van der Waals surface area contributed by atoms with Crippen LogP contribution in [-0.4, -0.2) is 17.7 Å². The maximum Gasteiger partial charge on any atom is 0.340 e. The van der Waals surface area contributed by atoms with Crippen molar-refractivity contribution in [1.82, 2.24) is 0 Å². The molecule has 1 aromatic carbocycles. The van der Waals surface area contributed by atoms with Crippen molar-refractivity contribution in [2.75, 3.05) is 6.61 Å². The molecule has 1 atom stereocenters. The summed E-state index contributed by atoms with van der Waals surface area (Å²) >= 11 is 0. The SMILES string of the molecule is CCC(OCC1CC1)(C(=O)O)c1ccccc1. The van der Waals surface area contributed by atoms with Gasteiger partial charge in [-0.1, -0.05) is 37.3 Å². The van der Waals surface area contributed by atoms with Crippen LogP contribution in [0.4, 0.5) is 0 Å². The predicted octanol–water partition coefficient (Wildman–Crippen LogP) is 2.80. The van der Waals surface area contributed by atoms with E-state index in [1.54, 1.807) is 0 Å². The normalized spacial score (nSPS) is 18.6. The van der Waals surface area contributed by atoms with Crippen molar-refractivity contribution in [3.05, 3.63) is 35.9 Å². The summed E-state index contributed by atoms with van der Waals surface area (Å²) in [7, 11) is 0. The van der Waals surface area contributed by atoms with E-state index in [-0.39, 0.29) is 0 Å². The average Bonchev–Trinajstić information content (AvgIpc) is 3.15. The molecule has 1 aliphatic rings. The number of aliphatic carboxylic acids is 1. The van der Waals surface area contributed by atoms with Crippen molar-refractivity contribution < 1.29 is 14.6 Å². The van der Waals surface area contributed by atoms with Gasteiger partial charge >= 0.3 is 5.97 Å². The van der Waals surface area contributed by atoms with Gasteiger partial charge in [0.15, 0.2) is 5.60 Å². The number of benzene rings is 1. The summed E-state index contributed by atoms with van der Waals surface area (Å²) < 4.78 is 5.75. The van der Waals surface area contributed by atoms with Crippen LogP contribution in [0.15, 0.2) is 30.3 Å². The molecule has 0 aromatic heterocycles. The third kappa shape index (κ3) is 2.50. The minimum absolute atomic E-state index is 0.444. The van der Waals surface area contributed by atoms with E-state index in [1.165, 1.54) is 0 Å². The Hall–Kier alpha value is -1.35. The average molecular weight is 234 g/mol. The van der Waals surface area contributed by atoms with Crippen molar-refractivity contribution in [2.24, 2.45) is 5.92 Å². The minimum Gasteiger partial charge on any atom is -0.479 e. The number of ether oxygens (including phenoxy) is 1. The van der Waals surface area contributed by atoms with Crippen molar-refractivity contribution in [2.45, 2.75) is 31.8 Å². The van der Waals surface area contributed by atoms with E-state index in [0.29, 0.717) is 18.9 Å². The molecule has 1 aliphatic carbocycles. The molecule has 3 heteroatoms. The maximum atomic E-state index is 11.6. The first-order chi connectivity index (χ1) is 8.19. The summed E-state index contributed by atoms with van der Waals surface area (Å²) in [4.78, 5) is 11.6. The lowest BCUT2D eigenvalue weighted by atomic mass is 9.91. The minimum atomic E-state index is -1.18. The Labute approximate surface area is 101 Å². The third-order valence-electron chi connectivity index (χ3n) is 3.35. The first-order valence-electron chi connectivity index (χ1n) is 6.12. The van der Waals surface area contributed by atoms with Gasteiger partial charge in [0, 0.05) is 0 Å². The molecule has 3 nitrogen and oxygen atoms in total. The highest BCUT2D eigenvalue weighted by Gasteiger charge is 2.41. The van der Waals surface area contributed by atoms with E-state index in [2.05, 4.69) is 0 Å². The lowest BCUT2D eigenvalue weighted by Crippen LogP contribution is -2.38. The van der Waals surface area contributed by atoms with E-state index in [1.807, 2.05) is 37.3 Å². The molecule has 1 unspecified atom stereocenters. The quantitative estimate of drug-likeness (QED) is 0.823. The number of hydrogen-bond acceptors (Lipinski definition) is 2. The summed E-state index contributed by atoms with van der Waals surface area (Å²) in [5, 5.41) is 9.49. The molecule has 1 N–H and O–H groups in total. The molecule has 0 radical (unpaired) electrons. The van der Waals surface area contributed by atoms with E-state index >= 15 is 0 Å². The molecule has 0 heterocycles. The van der Waals surface area contributed by atoms with Crippen LogP contribution in [0.2, 0.25) is 0 Å². The molecule has 0 aliphatic heterocycles. The maximum absolute atomic E-state index is 11.6. The number of hydrogen-bond donors (Lipinski definition) is 1. The second-order valence-electron chi connectivity index (χ2n) is 4.61. The van der Waals surface area contributed by atoms with Gasteiger partial charge in [-0.3, -0.25) is 0 Å². The van der Waals surface area contributed by atoms with Gasteiger partial charge in [-0.15, -0.1) is 0 Å². The Morgan fingerprint density at radius 3 is 2.53 bits per heavy atom. The van der Waals surface area contributed by atoms with E-state index in [9.17, 15) is 9.90 Å². The van der Waals surface area contributed by atoms with Crippen LogP contribution in [0.5, 0.6) is 0 Å². The van der Waals surface area contributed by atoms with Gasteiger partial charge in [-0.25, -0.2) is 4.79 Å². The van der Waals surface area contributed by atoms with Gasteiger partial charge in [-0.05, 0) is 30.7 Å². The van der Waals surface area contributed by atoms with Gasteiger partial charge < -0.3 is 9.84 Å². The van der Waals surface area contributed by atoms with Gasteiger partial charge in [-0.2, -0.15) is 0 Å². The Bertz CT molecular complexity index is 384. The Morgan fingerprint density at radius 2 is 2.06 bits per heavy atom. The largest absolute Gasteiger partial charge is 0.479 e. The molecular weight excluding hydrogens is 216 g/mol. The number of rotatable bonds is 6. The van der Waals surface area contributed by atoms with Crippen LogP contribution in [0.1, 0.15) is 31.7 Å². The molecule has 1 saturated carbocycles. The fourth-order valence-electron chi connectivity index (χ4n) is 1.98. The van der Waals surface area contributed by atoms with Crippen LogP contribution in [-0.2, 0) is 15.1 Å². The Balaban J connectivity index is 2.23. The number of carboxylic acid groups (broad SMARTS) is 1. The third-order valence-corrected chi connectivity index (χ3v) is 3.35. The fourth-order valence-corrected chi connectivity index (χ4v) is 1.98. The van der Waals surface area contributed by atoms with Gasteiger partial charge in [0.25, 0.3) is 0 Å². The van der Waals surface area contributed by atoms with Crippen molar-refractivity contribution in [3.8, 4) is 0 Å². The summed E-state index contributed by atoms with van der Waals surface area (Å²) in [5.41, 5.74) is -0.445. The van der Waals surface area contributed by atoms with E-state index in [0.717, 1.165) is 18.4 Å². The van der Waals surface area contributed by atoms with Crippen molar-refractivity contribution in [3.63, 3.8) is 0 Å². The van der Waals surface area contributed by atoms with Crippen molar-refractivity contribution >= 4 is 5.97 Å². The molecule has 0 amide bonds. The zero-order valence-electron chi connectivity index (χ0n) is 10.1. The lowest BCUT2D eigenvalue weighted by molar-refractivity contribution is -0.169. The smallest absolute Gasteiger partial charge is 0.340 e. The highest BCUT2D eigenvalue weighted by atomic mass is 16.5. The standard InChI is InChI=1S/C14H18O3/c1-2-14(13(15)16,17-10-11-8-9-11)12-6-4-3-5-7-12/h3-7,11H,2,8-10H2,1H3,(H,15,16). The number of carboxylic acids is 1. The Kier molecular flexibility index (Phi) is 3.48. The monoisotopic (exact) mass is 234 g/mol. The van der Waals surface area contributed by atoms with Gasteiger partial charge in [0.1, 0.15) is 0 Å². The second kappa shape index (κ2) is 4.88. The second-order valence-corrected chi connectivity index (χ2v) is 4.61. The Morgan fingerprint density at radius 1 is 1.41 bits per heavy atom. The zero-order chi connectivity index (χ0) is 12.3. The van der Waals surface area contributed by atoms with Crippen LogP contribution >= 0.6 is 0 Å². The molecule has 17 heavy (non-hydrogen) atoms. The molecule has 1 aromatic rings. The highest BCUT2D eigenvalue weighted by molar-refractivity contribution is 5.79. The summed E-state index contributed by atoms with van der Waals surface area (Å²) in [6, 6.07) is 9.23. The molecule has 0 bridgehead atoms. The number of carbonyl (C=O) groups is 1. The topological polar surface area (TPSA) is 46.5 Å². The lowest BCUT2D eigenvalue weighted by Gasteiger charge is -2.29. The summed E-state index contributed by atoms with van der Waals surface area (Å²) in [6.07, 6.45) is 2.77. The fraction of sp³-hybridized carbons (Fsp3) is 0.500. The molecule has 0 spiro atoms. The predicted molar refractivity (Wildman–Crippen MR) is 64.7 cm³/mol. The first kappa shape index (κ1) is 12.1. The van der Waals surface area contributed by atoms with Crippen LogP contribution in [0, 0.1) is 5.92 Å². The van der Waals surface area contributed by atoms with Crippen LogP contribution in [0.25, 0.3) is 0 Å².